The monoisotopic (exact) mass is 476 g/mol. The average Bonchev–Trinajstić information content (AvgIpc) is 2.77. The number of hydrogen-bond donors (Lipinski definition) is 2. The van der Waals surface area contributed by atoms with Crippen molar-refractivity contribution in [2.75, 3.05) is 6.61 Å². The van der Waals surface area contributed by atoms with Crippen LogP contribution in [0.4, 0.5) is 4.39 Å². The Kier molecular flexibility index (Phi) is 9.74. The van der Waals surface area contributed by atoms with Crippen LogP contribution < -0.4 is 14.8 Å². The molecule has 0 fully saturated rings. The van der Waals surface area contributed by atoms with E-state index in [2.05, 4.69) is 16.6 Å². The van der Waals surface area contributed by atoms with Gasteiger partial charge >= 0.3 is 0 Å². The second-order valence-electron chi connectivity index (χ2n) is 7.96. The number of aldehydes is 1. The summed E-state index contributed by atoms with van der Waals surface area (Å²) >= 11 is 0. The van der Waals surface area contributed by atoms with E-state index in [4.69, 9.17) is 4.74 Å². The van der Waals surface area contributed by atoms with Gasteiger partial charge in [0, 0.05) is 0 Å². The highest BCUT2D eigenvalue weighted by molar-refractivity contribution is 7.89. The van der Waals surface area contributed by atoms with Crippen LogP contribution in [0.3, 0.4) is 0 Å². The molecule has 0 bridgehead atoms. The first kappa shape index (κ1) is 26.2. The summed E-state index contributed by atoms with van der Waals surface area (Å²) in [6.07, 6.45) is 2.69. The molecule has 0 aliphatic heterocycles. The number of halogens is 1. The summed E-state index contributed by atoms with van der Waals surface area (Å²) in [6, 6.07) is 9.18. The second kappa shape index (κ2) is 12.3. The van der Waals surface area contributed by atoms with E-state index in [9.17, 15) is 22.4 Å². The van der Waals surface area contributed by atoms with E-state index in [1.54, 1.807) is 30.3 Å². The number of benzene rings is 2. The Morgan fingerprint density at radius 1 is 1.12 bits per heavy atom. The van der Waals surface area contributed by atoms with E-state index in [1.165, 1.54) is 0 Å². The zero-order valence-corrected chi connectivity index (χ0v) is 19.5. The van der Waals surface area contributed by atoms with Crippen LogP contribution in [0, 0.1) is 11.7 Å². The van der Waals surface area contributed by atoms with Gasteiger partial charge in [-0.15, -0.1) is 0 Å². The third kappa shape index (κ3) is 8.43. The normalized spacial score (nSPS) is 13.2. The molecule has 0 aliphatic carbocycles. The molecule has 1 amide bonds. The van der Waals surface area contributed by atoms with Crippen molar-refractivity contribution in [3.63, 3.8) is 0 Å². The maximum atomic E-state index is 13.2. The van der Waals surface area contributed by atoms with E-state index in [0.717, 1.165) is 24.3 Å². The zero-order chi connectivity index (χ0) is 24.4. The predicted molar refractivity (Wildman–Crippen MR) is 124 cm³/mol. The molecule has 2 N–H and O–H groups in total. The van der Waals surface area contributed by atoms with Crippen LogP contribution in [0.5, 0.6) is 5.75 Å². The molecule has 0 saturated heterocycles. The van der Waals surface area contributed by atoms with E-state index >= 15 is 0 Å². The van der Waals surface area contributed by atoms with Crippen LogP contribution in [0.15, 0.2) is 66.1 Å². The number of carbonyl (C=O) groups excluding carboxylic acids is 2. The van der Waals surface area contributed by atoms with Gasteiger partial charge in [-0.05, 0) is 60.7 Å². The first-order chi connectivity index (χ1) is 15.6. The lowest BCUT2D eigenvalue weighted by molar-refractivity contribution is -0.125. The molecule has 0 aliphatic rings. The van der Waals surface area contributed by atoms with Crippen LogP contribution >= 0.6 is 0 Å². The average molecular weight is 477 g/mol. The van der Waals surface area contributed by atoms with E-state index in [1.807, 2.05) is 13.8 Å². The zero-order valence-electron chi connectivity index (χ0n) is 18.7. The lowest BCUT2D eigenvalue weighted by atomic mass is 10.0. The van der Waals surface area contributed by atoms with Crippen LogP contribution in [0.25, 0.3) is 0 Å². The third-order valence-corrected chi connectivity index (χ3v) is 6.17. The van der Waals surface area contributed by atoms with Crippen molar-refractivity contribution in [2.45, 2.75) is 43.7 Å². The lowest BCUT2D eigenvalue weighted by Crippen LogP contribution is -2.51. The molecule has 9 heteroatoms. The van der Waals surface area contributed by atoms with Crippen molar-refractivity contribution in [1.29, 1.82) is 0 Å². The molecule has 2 atom stereocenters. The first-order valence-electron chi connectivity index (χ1n) is 10.5. The smallest absolute Gasteiger partial charge is 0.241 e. The Hall–Kier alpha value is -3.04. The summed E-state index contributed by atoms with van der Waals surface area (Å²) in [6.45, 7) is 7.74. The molecule has 0 unspecified atom stereocenters. The summed E-state index contributed by atoms with van der Waals surface area (Å²) in [5, 5.41) is 2.61. The van der Waals surface area contributed by atoms with Gasteiger partial charge in [0.25, 0.3) is 0 Å². The van der Waals surface area contributed by atoms with Crippen molar-refractivity contribution in [3.05, 3.63) is 72.6 Å². The molecule has 0 saturated carbocycles. The van der Waals surface area contributed by atoms with E-state index in [-0.39, 0.29) is 17.2 Å². The maximum Gasteiger partial charge on any atom is 0.241 e. The number of amides is 1. The molecule has 0 heterocycles. The van der Waals surface area contributed by atoms with Gasteiger partial charge in [-0.25, -0.2) is 12.8 Å². The standard InChI is InChI=1S/C24H29FN2O5S/c1-4-13-32-21-9-5-18(6-10-21)15-23(24(29)26-20(16-28)14-17(2)3)27-33(30,31)22-11-7-19(25)8-12-22/h4-12,16-17,20,23,27H,1,13-15H2,2-3H3,(H,26,29)/t20-,23-/m0/s1. The van der Waals surface area contributed by atoms with Crippen LogP contribution in [-0.2, 0) is 26.0 Å². The number of hydrogen-bond acceptors (Lipinski definition) is 5. The van der Waals surface area contributed by atoms with Crippen molar-refractivity contribution in [1.82, 2.24) is 10.0 Å². The van der Waals surface area contributed by atoms with Gasteiger partial charge < -0.3 is 14.8 Å². The maximum absolute atomic E-state index is 13.2. The fourth-order valence-electron chi connectivity index (χ4n) is 3.11. The molecule has 2 aromatic rings. The van der Waals surface area contributed by atoms with E-state index < -0.39 is 33.8 Å². The quantitative estimate of drug-likeness (QED) is 0.342. The highest BCUT2D eigenvalue weighted by Gasteiger charge is 2.28. The van der Waals surface area contributed by atoms with Crippen LogP contribution in [0.2, 0.25) is 0 Å². The molecule has 2 rings (SSSR count). The Balaban J connectivity index is 2.26. The number of rotatable bonds is 13. The van der Waals surface area contributed by atoms with Gasteiger partial charge in [-0.1, -0.05) is 38.6 Å². The fraction of sp³-hybridized carbons (Fsp3) is 0.333. The Morgan fingerprint density at radius 3 is 2.30 bits per heavy atom. The molecule has 0 radical (unpaired) electrons. The van der Waals surface area contributed by atoms with Gasteiger partial charge in [-0.2, -0.15) is 4.72 Å². The Labute approximate surface area is 194 Å². The van der Waals surface area contributed by atoms with Crippen molar-refractivity contribution in [3.8, 4) is 5.75 Å². The van der Waals surface area contributed by atoms with Gasteiger partial charge in [0.05, 0.1) is 10.9 Å². The minimum absolute atomic E-state index is 0.0290. The fourth-order valence-corrected chi connectivity index (χ4v) is 4.30. The van der Waals surface area contributed by atoms with Gasteiger partial charge in [-0.3, -0.25) is 4.79 Å². The first-order valence-corrected chi connectivity index (χ1v) is 12.0. The summed E-state index contributed by atoms with van der Waals surface area (Å²) in [5.74, 6) is -0.461. The summed E-state index contributed by atoms with van der Waals surface area (Å²) in [5.41, 5.74) is 0.675. The summed E-state index contributed by atoms with van der Waals surface area (Å²) in [7, 11) is -4.13. The molecular weight excluding hydrogens is 447 g/mol. The van der Waals surface area contributed by atoms with Gasteiger partial charge in [0.2, 0.25) is 15.9 Å². The number of sulfonamides is 1. The summed E-state index contributed by atoms with van der Waals surface area (Å²) < 4.78 is 46.7. The molecule has 7 nitrogen and oxygen atoms in total. The lowest BCUT2D eigenvalue weighted by Gasteiger charge is -2.22. The number of nitrogens with one attached hydrogen (secondary N) is 2. The summed E-state index contributed by atoms with van der Waals surface area (Å²) in [4.78, 5) is 24.2. The molecule has 2 aromatic carbocycles. The highest BCUT2D eigenvalue weighted by Crippen LogP contribution is 2.16. The Morgan fingerprint density at radius 2 is 1.76 bits per heavy atom. The van der Waals surface area contributed by atoms with Crippen molar-refractivity contribution >= 4 is 22.2 Å². The largest absolute Gasteiger partial charge is 0.490 e. The van der Waals surface area contributed by atoms with Crippen molar-refractivity contribution < 1.29 is 27.1 Å². The predicted octanol–water partition coefficient (Wildman–Crippen LogP) is 3.01. The molecular formula is C24H29FN2O5S. The van der Waals surface area contributed by atoms with E-state index in [0.29, 0.717) is 30.6 Å². The molecule has 33 heavy (non-hydrogen) atoms. The minimum atomic E-state index is -4.13. The van der Waals surface area contributed by atoms with Crippen LogP contribution in [0.1, 0.15) is 25.8 Å². The molecule has 0 spiro atoms. The number of ether oxygens (including phenoxy) is 1. The van der Waals surface area contributed by atoms with Gasteiger partial charge in [0.15, 0.2) is 0 Å². The Bertz CT molecular complexity index is 1040. The second-order valence-corrected chi connectivity index (χ2v) is 9.67. The van der Waals surface area contributed by atoms with Crippen LogP contribution in [-0.4, -0.2) is 39.3 Å². The molecule has 178 valence electrons. The highest BCUT2D eigenvalue weighted by atomic mass is 32.2. The van der Waals surface area contributed by atoms with Gasteiger partial charge in [0.1, 0.15) is 30.5 Å². The minimum Gasteiger partial charge on any atom is -0.490 e. The van der Waals surface area contributed by atoms with Crippen molar-refractivity contribution in [2.24, 2.45) is 5.92 Å². The third-order valence-electron chi connectivity index (χ3n) is 4.69. The topological polar surface area (TPSA) is 102 Å². The molecule has 0 aromatic heterocycles. The number of carbonyl (C=O) groups is 2. The SMILES string of the molecule is C=CCOc1ccc(C[C@H](NS(=O)(=O)c2ccc(F)cc2)C(=O)N[C@H](C=O)CC(C)C)cc1.